The average molecular weight is 517 g/mol. The minimum atomic E-state index is -0.574. The standard InChI is InChI=1S/C32H40N2O2S/c1-5-6-16-33-32(36)30(20-27-10-8-7-9-11-27)34(21-28-14-12-24(2)13-15-28)31(35)23-37-22-29-18-25(3)17-26(4)19-29/h7-15,17-19,30H,5-6,16,20-23H2,1-4H3,(H,33,36). The fourth-order valence-corrected chi connectivity index (χ4v) is 5.29. The summed E-state index contributed by atoms with van der Waals surface area (Å²) in [5.41, 5.74) is 6.92. The lowest BCUT2D eigenvalue weighted by Gasteiger charge is -2.31. The number of nitrogens with one attached hydrogen (secondary N) is 1. The summed E-state index contributed by atoms with van der Waals surface area (Å²) in [4.78, 5) is 29.0. The number of thioether (sulfide) groups is 1. The van der Waals surface area contributed by atoms with Crippen LogP contribution < -0.4 is 5.32 Å². The second-order valence-electron chi connectivity index (χ2n) is 9.85. The molecule has 2 amide bonds. The molecule has 196 valence electrons. The van der Waals surface area contributed by atoms with Crippen LogP contribution in [0.15, 0.2) is 72.8 Å². The maximum absolute atomic E-state index is 13.7. The largest absolute Gasteiger partial charge is 0.354 e. The number of hydrogen-bond donors (Lipinski definition) is 1. The van der Waals surface area contributed by atoms with Crippen LogP contribution in [0.25, 0.3) is 0 Å². The normalized spacial score (nSPS) is 11.7. The van der Waals surface area contributed by atoms with Crippen LogP contribution in [0.1, 0.15) is 53.1 Å². The molecule has 3 rings (SSSR count). The van der Waals surface area contributed by atoms with Gasteiger partial charge in [-0.25, -0.2) is 0 Å². The molecule has 37 heavy (non-hydrogen) atoms. The number of hydrogen-bond acceptors (Lipinski definition) is 3. The highest BCUT2D eigenvalue weighted by molar-refractivity contribution is 7.99. The minimum Gasteiger partial charge on any atom is -0.354 e. The molecule has 0 aliphatic heterocycles. The number of nitrogens with zero attached hydrogens (tertiary/aromatic N) is 1. The lowest BCUT2D eigenvalue weighted by Crippen LogP contribution is -2.51. The summed E-state index contributed by atoms with van der Waals surface area (Å²) in [5.74, 6) is 0.990. The first kappa shape index (κ1) is 28.5. The summed E-state index contributed by atoms with van der Waals surface area (Å²) >= 11 is 1.61. The van der Waals surface area contributed by atoms with Crippen LogP contribution >= 0.6 is 11.8 Å². The van der Waals surface area contributed by atoms with Gasteiger partial charge in [0.2, 0.25) is 11.8 Å². The third-order valence-electron chi connectivity index (χ3n) is 6.35. The van der Waals surface area contributed by atoms with Gasteiger partial charge in [-0.15, -0.1) is 11.8 Å². The van der Waals surface area contributed by atoms with E-state index in [9.17, 15) is 9.59 Å². The first-order chi connectivity index (χ1) is 17.9. The Labute approximate surface area is 226 Å². The van der Waals surface area contributed by atoms with Crippen LogP contribution in [0.2, 0.25) is 0 Å². The number of aryl methyl sites for hydroxylation is 3. The Bertz CT molecular complexity index is 1120. The van der Waals surface area contributed by atoms with E-state index in [2.05, 4.69) is 63.3 Å². The maximum Gasteiger partial charge on any atom is 0.243 e. The smallest absolute Gasteiger partial charge is 0.243 e. The Morgan fingerprint density at radius 1 is 0.838 bits per heavy atom. The molecular formula is C32H40N2O2S. The summed E-state index contributed by atoms with van der Waals surface area (Å²) < 4.78 is 0. The van der Waals surface area contributed by atoms with Crippen molar-refractivity contribution in [3.05, 3.63) is 106 Å². The second kappa shape index (κ2) is 14.6. The van der Waals surface area contributed by atoms with E-state index in [1.54, 1.807) is 16.7 Å². The van der Waals surface area contributed by atoms with Gasteiger partial charge in [0.1, 0.15) is 6.04 Å². The molecule has 0 saturated heterocycles. The van der Waals surface area contributed by atoms with E-state index in [0.717, 1.165) is 29.7 Å². The lowest BCUT2D eigenvalue weighted by molar-refractivity contribution is -0.139. The van der Waals surface area contributed by atoms with E-state index in [-0.39, 0.29) is 11.8 Å². The predicted octanol–water partition coefficient (Wildman–Crippen LogP) is 6.40. The molecular weight excluding hydrogens is 476 g/mol. The molecule has 0 aliphatic carbocycles. The fourth-order valence-electron chi connectivity index (χ4n) is 4.44. The summed E-state index contributed by atoms with van der Waals surface area (Å²) in [5, 5.41) is 3.09. The zero-order valence-corrected chi connectivity index (χ0v) is 23.4. The van der Waals surface area contributed by atoms with Gasteiger partial charge in [0.05, 0.1) is 5.75 Å². The molecule has 0 heterocycles. The highest BCUT2D eigenvalue weighted by Crippen LogP contribution is 2.20. The van der Waals surface area contributed by atoms with Crippen LogP contribution in [0, 0.1) is 20.8 Å². The summed E-state index contributed by atoms with van der Waals surface area (Å²) in [7, 11) is 0. The molecule has 1 atom stereocenters. The third-order valence-corrected chi connectivity index (χ3v) is 7.34. The van der Waals surface area contributed by atoms with Gasteiger partial charge in [0.15, 0.2) is 0 Å². The van der Waals surface area contributed by atoms with E-state index >= 15 is 0 Å². The van der Waals surface area contributed by atoms with E-state index in [4.69, 9.17) is 0 Å². The first-order valence-electron chi connectivity index (χ1n) is 13.2. The number of carbonyl (C=O) groups excluding carboxylic acids is 2. The van der Waals surface area contributed by atoms with Gasteiger partial charge >= 0.3 is 0 Å². The Hall–Kier alpha value is -3.05. The molecule has 3 aromatic carbocycles. The van der Waals surface area contributed by atoms with Crippen molar-refractivity contribution in [2.75, 3.05) is 12.3 Å². The van der Waals surface area contributed by atoms with Gasteiger partial charge < -0.3 is 10.2 Å². The molecule has 4 nitrogen and oxygen atoms in total. The van der Waals surface area contributed by atoms with Crippen LogP contribution in [-0.4, -0.2) is 35.1 Å². The molecule has 0 aromatic heterocycles. The zero-order chi connectivity index (χ0) is 26.6. The maximum atomic E-state index is 13.7. The molecule has 0 aliphatic rings. The topological polar surface area (TPSA) is 49.4 Å². The molecule has 3 aromatic rings. The van der Waals surface area contributed by atoms with Gasteiger partial charge in [-0.1, -0.05) is 103 Å². The molecule has 0 bridgehead atoms. The third kappa shape index (κ3) is 9.40. The van der Waals surface area contributed by atoms with Crippen LogP contribution in [0.3, 0.4) is 0 Å². The Morgan fingerprint density at radius 2 is 1.51 bits per heavy atom. The number of benzene rings is 3. The lowest BCUT2D eigenvalue weighted by atomic mass is 10.0. The molecule has 1 N–H and O–H groups in total. The van der Waals surface area contributed by atoms with E-state index in [0.29, 0.717) is 25.3 Å². The minimum absolute atomic E-state index is 0.0125. The van der Waals surface area contributed by atoms with Crippen molar-refractivity contribution in [1.82, 2.24) is 10.2 Å². The predicted molar refractivity (Wildman–Crippen MR) is 156 cm³/mol. The highest BCUT2D eigenvalue weighted by Gasteiger charge is 2.30. The van der Waals surface area contributed by atoms with Crippen LogP contribution in [0.5, 0.6) is 0 Å². The quantitative estimate of drug-likeness (QED) is 0.267. The van der Waals surface area contributed by atoms with E-state index < -0.39 is 6.04 Å². The van der Waals surface area contributed by atoms with Gasteiger partial charge in [0, 0.05) is 25.3 Å². The van der Waals surface area contributed by atoms with Crippen molar-refractivity contribution in [1.29, 1.82) is 0 Å². The number of carbonyl (C=O) groups is 2. The molecule has 5 heteroatoms. The Balaban J connectivity index is 1.82. The molecule has 0 saturated carbocycles. The number of unbranched alkanes of at least 4 members (excludes halogenated alkanes) is 1. The average Bonchev–Trinajstić information content (AvgIpc) is 2.87. The van der Waals surface area contributed by atoms with Crippen molar-refractivity contribution >= 4 is 23.6 Å². The van der Waals surface area contributed by atoms with Crippen LogP contribution in [-0.2, 0) is 28.3 Å². The summed E-state index contributed by atoms with van der Waals surface area (Å²) in [6.07, 6.45) is 2.41. The van der Waals surface area contributed by atoms with E-state index in [1.807, 2.05) is 42.5 Å². The Morgan fingerprint density at radius 3 is 2.16 bits per heavy atom. The van der Waals surface area contributed by atoms with Gasteiger partial charge in [0.25, 0.3) is 0 Å². The van der Waals surface area contributed by atoms with Crippen molar-refractivity contribution in [2.45, 2.75) is 65.3 Å². The van der Waals surface area contributed by atoms with Crippen molar-refractivity contribution in [3.8, 4) is 0 Å². The monoisotopic (exact) mass is 516 g/mol. The SMILES string of the molecule is CCCCNC(=O)C(Cc1ccccc1)N(Cc1ccc(C)cc1)C(=O)CSCc1cc(C)cc(C)c1. The van der Waals surface area contributed by atoms with Crippen molar-refractivity contribution in [3.63, 3.8) is 0 Å². The van der Waals surface area contributed by atoms with Crippen LogP contribution in [0.4, 0.5) is 0 Å². The van der Waals surface area contributed by atoms with Crippen molar-refractivity contribution in [2.24, 2.45) is 0 Å². The fraction of sp³-hybridized carbons (Fsp3) is 0.375. The summed E-state index contributed by atoms with van der Waals surface area (Å²) in [6, 6.07) is 24.1. The second-order valence-corrected chi connectivity index (χ2v) is 10.8. The molecule has 0 fully saturated rings. The van der Waals surface area contributed by atoms with Gasteiger partial charge in [-0.2, -0.15) is 0 Å². The molecule has 1 unspecified atom stereocenters. The van der Waals surface area contributed by atoms with Gasteiger partial charge in [-0.05, 0) is 43.9 Å². The highest BCUT2D eigenvalue weighted by atomic mass is 32.2. The zero-order valence-electron chi connectivity index (χ0n) is 22.6. The van der Waals surface area contributed by atoms with Gasteiger partial charge in [-0.3, -0.25) is 9.59 Å². The number of amides is 2. The number of rotatable bonds is 13. The first-order valence-corrected chi connectivity index (χ1v) is 14.3. The summed E-state index contributed by atoms with van der Waals surface area (Å²) in [6.45, 7) is 9.38. The van der Waals surface area contributed by atoms with E-state index in [1.165, 1.54) is 22.3 Å². The molecule has 0 spiro atoms. The Kier molecular flexibility index (Phi) is 11.3. The van der Waals surface area contributed by atoms with Crippen molar-refractivity contribution < 1.29 is 9.59 Å². The molecule has 0 radical (unpaired) electrons.